The lowest BCUT2D eigenvalue weighted by Gasteiger charge is -2.19. The van der Waals surface area contributed by atoms with E-state index in [-0.39, 0.29) is 22.3 Å². The highest BCUT2D eigenvalue weighted by molar-refractivity contribution is 7.89. The zero-order valence-corrected chi connectivity index (χ0v) is 20.4. The number of nitrogens with one attached hydrogen (secondary N) is 1. The zero-order chi connectivity index (χ0) is 24.1. The number of rotatable bonds is 10. The highest BCUT2D eigenvalue weighted by Gasteiger charge is 2.24. The van der Waals surface area contributed by atoms with Crippen LogP contribution in [0.1, 0.15) is 42.7 Å². The van der Waals surface area contributed by atoms with E-state index in [2.05, 4.69) is 19.2 Å². The molecule has 8 nitrogen and oxygen atoms in total. The monoisotopic (exact) mass is 464 g/mol. The molecule has 32 heavy (non-hydrogen) atoms. The fraction of sp³-hybridized carbons (Fsp3) is 0.435. The summed E-state index contributed by atoms with van der Waals surface area (Å²) in [5, 5.41) is 2.89. The van der Waals surface area contributed by atoms with Crippen LogP contribution in [0.25, 0.3) is 0 Å². The lowest BCUT2D eigenvalue weighted by Crippen LogP contribution is -2.27. The van der Waals surface area contributed by atoms with Gasteiger partial charge in [-0.15, -0.1) is 0 Å². The first kappa shape index (κ1) is 25.5. The molecule has 2 rings (SSSR count). The Hall–Kier alpha value is -2.78. The van der Waals surface area contributed by atoms with Gasteiger partial charge >= 0.3 is 0 Å². The van der Waals surface area contributed by atoms with E-state index in [4.69, 9.17) is 14.2 Å². The first-order chi connectivity index (χ1) is 15.0. The maximum absolute atomic E-state index is 12.9. The average Bonchev–Trinajstić information content (AvgIpc) is 2.76. The fourth-order valence-corrected chi connectivity index (χ4v) is 3.98. The summed E-state index contributed by atoms with van der Waals surface area (Å²) in [6.45, 7) is 6.53. The summed E-state index contributed by atoms with van der Waals surface area (Å²) in [5.41, 5.74) is 1.03. The molecule has 0 aromatic heterocycles. The number of nitrogens with zero attached hydrogens (tertiary/aromatic N) is 1. The number of carbonyl (C=O) groups is 1. The minimum absolute atomic E-state index is 0.0707. The number of benzene rings is 2. The van der Waals surface area contributed by atoms with Crippen LogP contribution < -0.4 is 19.5 Å². The maximum atomic E-state index is 12.9. The number of hydrogen-bond acceptors (Lipinski definition) is 6. The van der Waals surface area contributed by atoms with Gasteiger partial charge in [0.2, 0.25) is 10.0 Å². The molecule has 0 fully saturated rings. The summed E-state index contributed by atoms with van der Waals surface area (Å²) >= 11 is 0. The first-order valence-corrected chi connectivity index (χ1v) is 11.7. The van der Waals surface area contributed by atoms with Crippen LogP contribution >= 0.6 is 0 Å². The van der Waals surface area contributed by atoms with E-state index in [1.807, 2.05) is 25.1 Å². The van der Waals surface area contributed by atoms with Gasteiger partial charge in [-0.05, 0) is 48.7 Å². The minimum atomic E-state index is -3.78. The molecule has 176 valence electrons. The molecule has 0 radical (unpaired) electrons. The summed E-state index contributed by atoms with van der Waals surface area (Å²) in [7, 11) is 2.01. The molecular formula is C23H32N2O6S. The second-order valence-electron chi connectivity index (χ2n) is 7.96. The molecule has 1 amide bonds. The molecule has 1 N–H and O–H groups in total. The Kier molecular flexibility index (Phi) is 8.51. The number of carbonyl (C=O) groups excluding carboxylic acids is 1. The van der Waals surface area contributed by atoms with Gasteiger partial charge in [-0.2, -0.15) is 0 Å². The molecule has 0 spiro atoms. The van der Waals surface area contributed by atoms with E-state index in [1.165, 1.54) is 39.4 Å². The van der Waals surface area contributed by atoms with Crippen LogP contribution in [0, 0.1) is 5.92 Å². The van der Waals surface area contributed by atoms with E-state index >= 15 is 0 Å². The fourth-order valence-electron chi connectivity index (χ4n) is 2.91. The Morgan fingerprint density at radius 2 is 1.59 bits per heavy atom. The highest BCUT2D eigenvalue weighted by Crippen LogP contribution is 2.31. The van der Waals surface area contributed by atoms with Crippen molar-refractivity contribution in [2.45, 2.75) is 31.7 Å². The molecular weight excluding hydrogens is 432 g/mol. The summed E-state index contributed by atoms with van der Waals surface area (Å²) < 4.78 is 42.7. The number of amides is 1. The van der Waals surface area contributed by atoms with Crippen molar-refractivity contribution < 1.29 is 27.4 Å². The zero-order valence-electron chi connectivity index (χ0n) is 19.6. The SMILES string of the molecule is COc1cc(C(C)NC(=O)c2ccc(OC)c(S(=O)(=O)N(C)C)c2)ccc1OCC(C)C. The molecule has 0 saturated heterocycles. The smallest absolute Gasteiger partial charge is 0.251 e. The normalized spacial score (nSPS) is 12.5. The van der Waals surface area contributed by atoms with Crippen molar-refractivity contribution in [2.75, 3.05) is 34.9 Å². The Morgan fingerprint density at radius 1 is 0.969 bits per heavy atom. The molecule has 0 bridgehead atoms. The van der Waals surface area contributed by atoms with Crippen molar-refractivity contribution in [3.05, 3.63) is 47.5 Å². The van der Waals surface area contributed by atoms with Gasteiger partial charge < -0.3 is 19.5 Å². The Bertz CT molecular complexity index is 1050. The third-order valence-electron chi connectivity index (χ3n) is 4.79. The van der Waals surface area contributed by atoms with E-state index in [0.29, 0.717) is 24.0 Å². The standard InChI is InChI=1S/C23H32N2O6S/c1-15(2)14-31-19-10-8-17(12-21(19)30-7)16(3)24-23(26)18-9-11-20(29-6)22(13-18)32(27,28)25(4)5/h8-13,15-16H,14H2,1-7H3,(H,24,26). The molecule has 2 aromatic carbocycles. The Morgan fingerprint density at radius 3 is 2.16 bits per heavy atom. The molecule has 0 heterocycles. The molecule has 1 unspecified atom stereocenters. The highest BCUT2D eigenvalue weighted by atomic mass is 32.2. The number of methoxy groups -OCH3 is 2. The molecule has 2 aromatic rings. The molecule has 0 saturated carbocycles. The van der Waals surface area contributed by atoms with Gasteiger partial charge in [-0.3, -0.25) is 4.79 Å². The van der Waals surface area contributed by atoms with Gasteiger partial charge in [0.1, 0.15) is 10.6 Å². The van der Waals surface area contributed by atoms with Crippen LogP contribution in [0.5, 0.6) is 17.2 Å². The van der Waals surface area contributed by atoms with Crippen LogP contribution in [0.4, 0.5) is 0 Å². The van der Waals surface area contributed by atoms with Crippen LogP contribution in [0.15, 0.2) is 41.3 Å². The average molecular weight is 465 g/mol. The summed E-state index contributed by atoms with van der Waals surface area (Å²) in [5.74, 6) is 1.35. The maximum Gasteiger partial charge on any atom is 0.251 e. The lowest BCUT2D eigenvalue weighted by atomic mass is 10.1. The van der Waals surface area contributed by atoms with Crippen LogP contribution in [0.2, 0.25) is 0 Å². The van der Waals surface area contributed by atoms with Gasteiger partial charge in [-0.25, -0.2) is 12.7 Å². The van der Waals surface area contributed by atoms with Crippen molar-refractivity contribution in [2.24, 2.45) is 5.92 Å². The number of sulfonamides is 1. The molecule has 1 atom stereocenters. The van der Waals surface area contributed by atoms with Crippen LogP contribution in [-0.2, 0) is 10.0 Å². The third kappa shape index (κ3) is 5.92. The van der Waals surface area contributed by atoms with E-state index in [9.17, 15) is 13.2 Å². The predicted octanol–water partition coefficient (Wildman–Crippen LogP) is 3.48. The van der Waals surface area contributed by atoms with Crippen molar-refractivity contribution >= 4 is 15.9 Å². The molecule has 9 heteroatoms. The summed E-state index contributed by atoms with van der Waals surface area (Å²) in [6.07, 6.45) is 0. The van der Waals surface area contributed by atoms with Crippen molar-refractivity contribution in [1.29, 1.82) is 0 Å². The largest absolute Gasteiger partial charge is 0.495 e. The van der Waals surface area contributed by atoms with Crippen LogP contribution in [0.3, 0.4) is 0 Å². The van der Waals surface area contributed by atoms with Gasteiger partial charge in [-0.1, -0.05) is 19.9 Å². The molecule has 0 aliphatic carbocycles. The Labute approximate surface area is 190 Å². The van der Waals surface area contributed by atoms with Crippen molar-refractivity contribution in [1.82, 2.24) is 9.62 Å². The van der Waals surface area contributed by atoms with Crippen molar-refractivity contribution in [3.8, 4) is 17.2 Å². The Balaban J connectivity index is 2.26. The summed E-state index contributed by atoms with van der Waals surface area (Å²) in [6, 6.07) is 9.45. The van der Waals surface area contributed by atoms with Crippen LogP contribution in [-0.4, -0.2) is 53.6 Å². The lowest BCUT2D eigenvalue weighted by molar-refractivity contribution is 0.0939. The van der Waals surface area contributed by atoms with Gasteiger partial charge in [0.25, 0.3) is 5.91 Å². The number of ether oxygens (including phenoxy) is 3. The second-order valence-corrected chi connectivity index (χ2v) is 10.1. The molecule has 0 aliphatic rings. The van der Waals surface area contributed by atoms with E-state index in [0.717, 1.165) is 9.87 Å². The minimum Gasteiger partial charge on any atom is -0.495 e. The third-order valence-corrected chi connectivity index (χ3v) is 6.63. The second kappa shape index (κ2) is 10.7. The topological polar surface area (TPSA) is 94.2 Å². The summed E-state index contributed by atoms with van der Waals surface area (Å²) in [4.78, 5) is 12.8. The molecule has 0 aliphatic heterocycles. The van der Waals surface area contributed by atoms with Gasteiger partial charge in [0, 0.05) is 19.7 Å². The van der Waals surface area contributed by atoms with E-state index in [1.54, 1.807) is 7.11 Å². The van der Waals surface area contributed by atoms with Gasteiger partial charge in [0.15, 0.2) is 11.5 Å². The first-order valence-electron chi connectivity index (χ1n) is 10.2. The van der Waals surface area contributed by atoms with E-state index < -0.39 is 15.9 Å². The van der Waals surface area contributed by atoms with Crippen molar-refractivity contribution in [3.63, 3.8) is 0 Å². The quantitative estimate of drug-likeness (QED) is 0.579. The number of hydrogen-bond donors (Lipinski definition) is 1. The van der Waals surface area contributed by atoms with Gasteiger partial charge in [0.05, 0.1) is 26.9 Å². The predicted molar refractivity (Wildman–Crippen MR) is 123 cm³/mol.